The molecule has 0 unspecified atom stereocenters. The first-order valence-corrected chi connectivity index (χ1v) is 11.7. The van der Waals surface area contributed by atoms with Crippen molar-refractivity contribution in [3.05, 3.63) is 71.2 Å². The van der Waals surface area contributed by atoms with E-state index in [-0.39, 0.29) is 16.5 Å². The van der Waals surface area contributed by atoms with Gasteiger partial charge in [-0.25, -0.2) is 4.98 Å². The van der Waals surface area contributed by atoms with Crippen molar-refractivity contribution in [3.8, 4) is 34.6 Å². The van der Waals surface area contributed by atoms with Gasteiger partial charge in [0.25, 0.3) is 0 Å². The molecule has 4 heterocycles. The van der Waals surface area contributed by atoms with Crippen molar-refractivity contribution in [2.45, 2.75) is 19.8 Å². The minimum absolute atomic E-state index is 0.0344. The van der Waals surface area contributed by atoms with Gasteiger partial charge in [0.15, 0.2) is 5.17 Å². The van der Waals surface area contributed by atoms with Gasteiger partial charge in [-0.2, -0.15) is 0 Å². The maximum atomic E-state index is 7.73. The van der Waals surface area contributed by atoms with Crippen LogP contribution in [0, 0.1) is 29.6 Å². The van der Waals surface area contributed by atoms with Crippen LogP contribution in [0.4, 0.5) is 0 Å². The second-order valence-corrected chi connectivity index (χ2v) is 9.75. The number of nitrogens with two attached hydrogens (primary N) is 1. The number of amidine groups is 1. The van der Waals surface area contributed by atoms with E-state index in [1.54, 1.807) is 0 Å². The molecule has 0 spiro atoms. The van der Waals surface area contributed by atoms with E-state index in [1.165, 1.54) is 11.8 Å². The summed E-state index contributed by atoms with van der Waals surface area (Å²) in [6, 6.07) is 12.1. The first kappa shape index (κ1) is 21.5. The van der Waals surface area contributed by atoms with E-state index in [0.29, 0.717) is 24.8 Å². The zero-order valence-electron chi connectivity index (χ0n) is 18.5. The molecular formula is C26H24N4O2S. The van der Waals surface area contributed by atoms with Gasteiger partial charge in [0.1, 0.15) is 5.75 Å². The normalized spacial score (nSPS) is 17.5. The van der Waals surface area contributed by atoms with Crippen LogP contribution >= 0.6 is 11.8 Å². The van der Waals surface area contributed by atoms with Crippen molar-refractivity contribution < 1.29 is 9.47 Å². The third-order valence-corrected chi connectivity index (χ3v) is 6.66. The average Bonchev–Trinajstić information content (AvgIpc) is 2.79. The largest absolute Gasteiger partial charge is 0.438 e. The standard InChI is InChI=1S/C26H24N4O2S/c1-16-3-5-18(11-29-16)19-10-21-22(13-33-25(27)28)20-9-17(7-8-26(2)14-31-15-26)4-6-23(20)32-24(21)30-12-19/h3-6,9-12,22H,13-15H2,1-2H3,(H3,27,28)/t22-/m1/s1. The highest BCUT2D eigenvalue weighted by Gasteiger charge is 2.32. The van der Waals surface area contributed by atoms with E-state index in [9.17, 15) is 0 Å². The molecule has 2 aromatic heterocycles. The highest BCUT2D eigenvalue weighted by molar-refractivity contribution is 8.13. The Bertz CT molecular complexity index is 1290. The maximum absolute atomic E-state index is 7.73. The van der Waals surface area contributed by atoms with Crippen LogP contribution < -0.4 is 10.5 Å². The number of thioether (sulfide) groups is 1. The monoisotopic (exact) mass is 456 g/mol. The summed E-state index contributed by atoms with van der Waals surface area (Å²) in [7, 11) is 0. The highest BCUT2D eigenvalue weighted by Crippen LogP contribution is 2.45. The zero-order valence-corrected chi connectivity index (χ0v) is 19.3. The van der Waals surface area contributed by atoms with Crippen LogP contribution in [0.5, 0.6) is 11.6 Å². The number of fused-ring (bicyclic) bond motifs is 2. The average molecular weight is 457 g/mol. The van der Waals surface area contributed by atoms with E-state index < -0.39 is 0 Å². The molecule has 6 nitrogen and oxygen atoms in total. The molecular weight excluding hydrogens is 432 g/mol. The van der Waals surface area contributed by atoms with Crippen molar-refractivity contribution in [1.82, 2.24) is 9.97 Å². The molecule has 1 fully saturated rings. The molecule has 3 aromatic rings. The van der Waals surface area contributed by atoms with Crippen molar-refractivity contribution in [1.29, 1.82) is 5.41 Å². The Morgan fingerprint density at radius 3 is 2.67 bits per heavy atom. The molecule has 1 saturated heterocycles. The second kappa shape index (κ2) is 8.54. The Morgan fingerprint density at radius 1 is 1.15 bits per heavy atom. The lowest BCUT2D eigenvalue weighted by atomic mass is 9.87. The van der Waals surface area contributed by atoms with Crippen LogP contribution in [0.15, 0.2) is 48.8 Å². The van der Waals surface area contributed by atoms with Crippen LogP contribution in [-0.2, 0) is 4.74 Å². The summed E-state index contributed by atoms with van der Waals surface area (Å²) >= 11 is 1.32. The van der Waals surface area contributed by atoms with Crippen molar-refractivity contribution in [2.75, 3.05) is 19.0 Å². The van der Waals surface area contributed by atoms with Crippen LogP contribution in [0.1, 0.15) is 35.2 Å². The molecule has 0 bridgehead atoms. The minimum Gasteiger partial charge on any atom is -0.438 e. The van der Waals surface area contributed by atoms with Crippen molar-refractivity contribution >= 4 is 16.9 Å². The van der Waals surface area contributed by atoms with Crippen LogP contribution in [-0.4, -0.2) is 34.1 Å². The number of hydrogen-bond donors (Lipinski definition) is 2. The molecule has 166 valence electrons. The number of aromatic nitrogens is 2. The Hall–Kier alpha value is -3.34. The fourth-order valence-corrected chi connectivity index (χ4v) is 4.63. The molecule has 5 rings (SSSR count). The molecule has 7 heteroatoms. The van der Waals surface area contributed by atoms with Gasteiger partial charge in [0.05, 0.1) is 18.6 Å². The van der Waals surface area contributed by atoms with Gasteiger partial charge < -0.3 is 15.2 Å². The number of hydrogen-bond acceptors (Lipinski definition) is 6. The Morgan fingerprint density at radius 2 is 1.97 bits per heavy atom. The van der Waals surface area contributed by atoms with Crippen LogP contribution in [0.25, 0.3) is 11.1 Å². The van der Waals surface area contributed by atoms with E-state index >= 15 is 0 Å². The van der Waals surface area contributed by atoms with Crippen LogP contribution in [0.3, 0.4) is 0 Å². The molecule has 0 amide bonds. The molecule has 0 aliphatic carbocycles. The number of rotatable bonds is 3. The van der Waals surface area contributed by atoms with Gasteiger partial charge >= 0.3 is 0 Å². The summed E-state index contributed by atoms with van der Waals surface area (Å²) in [6.45, 7) is 5.41. The first-order valence-electron chi connectivity index (χ1n) is 10.7. The Balaban J connectivity index is 1.54. The van der Waals surface area contributed by atoms with Gasteiger partial charge in [0.2, 0.25) is 5.88 Å². The molecule has 2 aliphatic rings. The summed E-state index contributed by atoms with van der Waals surface area (Å²) in [5.41, 5.74) is 11.5. The Kier molecular flexibility index (Phi) is 5.57. The van der Waals surface area contributed by atoms with Crippen molar-refractivity contribution in [2.24, 2.45) is 11.1 Å². The molecule has 0 saturated carbocycles. The molecule has 1 aromatic carbocycles. The summed E-state index contributed by atoms with van der Waals surface area (Å²) in [5, 5.41) is 7.82. The molecule has 2 aliphatic heterocycles. The van der Waals surface area contributed by atoms with E-state index in [1.807, 2.05) is 43.6 Å². The van der Waals surface area contributed by atoms with Gasteiger partial charge in [-0.1, -0.05) is 29.7 Å². The van der Waals surface area contributed by atoms with E-state index in [0.717, 1.165) is 39.3 Å². The lowest BCUT2D eigenvalue weighted by molar-refractivity contribution is -0.0648. The SMILES string of the molecule is Cc1ccc(-c2cnc3c(c2)[C@H](CSC(=N)N)c2cc(C#CC4(C)COC4)ccc2O3)cn1. The highest BCUT2D eigenvalue weighted by atomic mass is 32.2. The molecule has 1 atom stereocenters. The quantitative estimate of drug-likeness (QED) is 0.337. The van der Waals surface area contributed by atoms with Crippen molar-refractivity contribution in [3.63, 3.8) is 0 Å². The number of nitrogens with one attached hydrogen (secondary N) is 1. The second-order valence-electron chi connectivity index (χ2n) is 8.69. The van der Waals surface area contributed by atoms with Gasteiger partial charge in [-0.3, -0.25) is 10.4 Å². The predicted octanol–water partition coefficient (Wildman–Crippen LogP) is 4.70. The third kappa shape index (κ3) is 4.45. The van der Waals surface area contributed by atoms with Gasteiger partial charge in [-0.15, -0.1) is 0 Å². The number of ether oxygens (including phenoxy) is 2. The lowest BCUT2D eigenvalue weighted by Gasteiger charge is -2.32. The fraction of sp³-hybridized carbons (Fsp3) is 0.269. The molecule has 0 radical (unpaired) electrons. The summed E-state index contributed by atoms with van der Waals surface area (Å²) < 4.78 is 11.5. The van der Waals surface area contributed by atoms with Gasteiger partial charge in [-0.05, 0) is 44.2 Å². The maximum Gasteiger partial charge on any atom is 0.223 e. The predicted molar refractivity (Wildman–Crippen MR) is 131 cm³/mol. The minimum atomic E-state index is -0.0796. The topological polar surface area (TPSA) is 94.1 Å². The number of nitrogens with zero attached hydrogens (tertiary/aromatic N) is 2. The Labute approximate surface area is 197 Å². The lowest BCUT2D eigenvalue weighted by Crippen LogP contribution is -2.38. The molecule has 3 N–H and O–H groups in total. The van der Waals surface area contributed by atoms with Gasteiger partial charge in [0, 0.05) is 57.6 Å². The number of aryl methyl sites for hydroxylation is 1. The third-order valence-electron chi connectivity index (χ3n) is 5.85. The zero-order chi connectivity index (χ0) is 23.0. The summed E-state index contributed by atoms with van der Waals surface area (Å²) in [6.07, 6.45) is 3.67. The number of pyridine rings is 2. The van der Waals surface area contributed by atoms with E-state index in [2.05, 4.69) is 40.9 Å². The fourth-order valence-electron chi connectivity index (χ4n) is 3.92. The van der Waals surface area contributed by atoms with E-state index in [4.69, 9.17) is 20.6 Å². The first-order chi connectivity index (χ1) is 15.9. The molecule has 33 heavy (non-hydrogen) atoms. The summed E-state index contributed by atoms with van der Waals surface area (Å²) in [5.74, 6) is 8.57. The smallest absolute Gasteiger partial charge is 0.223 e. The number of benzene rings is 1. The summed E-state index contributed by atoms with van der Waals surface area (Å²) in [4.78, 5) is 9.03. The van der Waals surface area contributed by atoms with Crippen LogP contribution in [0.2, 0.25) is 0 Å².